The topological polar surface area (TPSA) is 119 Å². The molecule has 0 fully saturated rings. The third kappa shape index (κ3) is 5.44. The van der Waals surface area contributed by atoms with E-state index < -0.39 is 15.8 Å². The number of nitrogens with zero attached hydrogens (tertiary/aromatic N) is 5. The summed E-state index contributed by atoms with van der Waals surface area (Å²) in [6, 6.07) is 12.0. The van der Waals surface area contributed by atoms with Crippen molar-refractivity contribution in [2.45, 2.75) is 31.8 Å². The van der Waals surface area contributed by atoms with Crippen LogP contribution >= 0.6 is 0 Å². The van der Waals surface area contributed by atoms with E-state index in [1.165, 1.54) is 56.4 Å². The Morgan fingerprint density at radius 2 is 1.78 bits per heavy atom. The molecule has 2 heterocycles. The molecule has 194 valence electrons. The molecule has 0 spiro atoms. The molecular weight excluding hydrogens is 499 g/mol. The number of hydrogen-bond donors (Lipinski definition) is 1. The molecule has 0 saturated heterocycles. The quantitative estimate of drug-likeness (QED) is 0.339. The molecule has 0 saturated carbocycles. The van der Waals surface area contributed by atoms with Crippen molar-refractivity contribution in [1.82, 2.24) is 29.0 Å². The van der Waals surface area contributed by atoms with E-state index in [1.807, 2.05) is 0 Å². The Balaban J connectivity index is 1.40. The number of carbonyl (C=O) groups is 1. The van der Waals surface area contributed by atoms with Crippen molar-refractivity contribution < 1.29 is 17.6 Å². The van der Waals surface area contributed by atoms with Crippen LogP contribution in [0.15, 0.2) is 70.7 Å². The minimum absolute atomic E-state index is 0.0463. The molecule has 4 aromatic rings. The molecule has 10 nitrogen and oxygen atoms in total. The first-order chi connectivity index (χ1) is 17.8. The number of fused-ring (bicyclic) bond motifs is 1. The summed E-state index contributed by atoms with van der Waals surface area (Å²) >= 11 is 0. The number of amides is 1. The Kier molecular flexibility index (Phi) is 7.79. The van der Waals surface area contributed by atoms with E-state index in [0.717, 1.165) is 0 Å². The zero-order valence-corrected chi connectivity index (χ0v) is 21.3. The van der Waals surface area contributed by atoms with Gasteiger partial charge in [-0.2, -0.15) is 9.40 Å². The second-order valence-electron chi connectivity index (χ2n) is 8.24. The van der Waals surface area contributed by atoms with E-state index >= 15 is 0 Å². The summed E-state index contributed by atoms with van der Waals surface area (Å²) in [4.78, 5) is 29.8. The summed E-state index contributed by atoms with van der Waals surface area (Å²) < 4.78 is 43.4. The molecule has 0 aliphatic rings. The third-order valence-electron chi connectivity index (χ3n) is 5.99. The first-order valence-corrected chi connectivity index (χ1v) is 13.2. The number of sulfonamides is 1. The van der Waals surface area contributed by atoms with E-state index in [0.29, 0.717) is 29.9 Å². The molecule has 37 heavy (non-hydrogen) atoms. The summed E-state index contributed by atoms with van der Waals surface area (Å²) in [6.45, 7) is 4.76. The summed E-state index contributed by atoms with van der Waals surface area (Å²) in [7, 11) is -3.60. The van der Waals surface area contributed by atoms with Gasteiger partial charge >= 0.3 is 0 Å². The summed E-state index contributed by atoms with van der Waals surface area (Å²) in [5.74, 6) is -0.774. The maximum absolute atomic E-state index is 14.0. The Bertz CT molecular complexity index is 1580. The van der Waals surface area contributed by atoms with Crippen molar-refractivity contribution in [3.63, 3.8) is 0 Å². The lowest BCUT2D eigenvalue weighted by molar-refractivity contribution is 0.0952. The average molecular weight is 527 g/mol. The number of nitrogens with one attached hydrogen (secondary N) is 1. The van der Waals surface area contributed by atoms with Gasteiger partial charge in [-0.15, -0.1) is 0 Å². The van der Waals surface area contributed by atoms with E-state index in [9.17, 15) is 22.4 Å². The minimum atomic E-state index is -3.60. The first kappa shape index (κ1) is 26.2. The standard InChI is InChI=1S/C25H27FN6O4S/c1-3-31(4-2)37(35,36)20-11-9-18(10-12-20)24(33)27-13-14-32-23-21(15-29-32)25(34)30(17-28-23)16-19-7-5-6-8-22(19)26/h5-12,15,17H,3-4,13-14,16H2,1-2H3,(H,27,33). The predicted octanol–water partition coefficient (Wildman–Crippen LogP) is 2.24. The molecular formula is C25H27FN6O4S. The lowest BCUT2D eigenvalue weighted by atomic mass is 10.2. The fraction of sp³-hybridized carbons (Fsp3) is 0.280. The van der Waals surface area contributed by atoms with E-state index in [4.69, 9.17) is 0 Å². The molecule has 0 aliphatic heterocycles. The van der Waals surface area contributed by atoms with Gasteiger partial charge in [0.1, 0.15) is 17.5 Å². The van der Waals surface area contributed by atoms with Crippen LogP contribution in [0.25, 0.3) is 11.0 Å². The van der Waals surface area contributed by atoms with Crippen molar-refractivity contribution in [3.05, 3.63) is 88.4 Å². The van der Waals surface area contributed by atoms with Crippen LogP contribution in [-0.4, -0.2) is 57.6 Å². The van der Waals surface area contributed by atoms with Crippen LogP contribution in [0, 0.1) is 5.82 Å². The lowest BCUT2D eigenvalue weighted by Gasteiger charge is -2.18. The highest BCUT2D eigenvalue weighted by Crippen LogP contribution is 2.16. The number of benzene rings is 2. The van der Waals surface area contributed by atoms with Gasteiger partial charge in [0.2, 0.25) is 10.0 Å². The number of carbonyl (C=O) groups excluding carboxylic acids is 1. The van der Waals surface area contributed by atoms with Gasteiger partial charge in [-0.05, 0) is 30.3 Å². The van der Waals surface area contributed by atoms with Gasteiger partial charge in [0.25, 0.3) is 11.5 Å². The van der Waals surface area contributed by atoms with E-state index in [2.05, 4.69) is 15.4 Å². The molecule has 0 atom stereocenters. The zero-order chi connectivity index (χ0) is 26.6. The summed E-state index contributed by atoms with van der Waals surface area (Å²) in [5, 5.41) is 7.25. The Morgan fingerprint density at radius 1 is 1.08 bits per heavy atom. The van der Waals surface area contributed by atoms with Crippen molar-refractivity contribution in [1.29, 1.82) is 0 Å². The number of rotatable bonds is 10. The molecule has 2 aromatic heterocycles. The SMILES string of the molecule is CCN(CC)S(=O)(=O)c1ccc(C(=O)NCCn2ncc3c(=O)n(Cc4ccccc4F)cnc32)cc1. The number of halogens is 1. The predicted molar refractivity (Wildman–Crippen MR) is 136 cm³/mol. The normalized spacial score (nSPS) is 11.8. The van der Waals surface area contributed by atoms with Crippen LogP contribution < -0.4 is 10.9 Å². The molecule has 0 unspecified atom stereocenters. The Labute approximate surface area is 213 Å². The molecule has 12 heteroatoms. The molecule has 0 aliphatic carbocycles. The van der Waals surface area contributed by atoms with Crippen molar-refractivity contribution in [2.75, 3.05) is 19.6 Å². The Hall–Kier alpha value is -3.90. The average Bonchev–Trinajstić information content (AvgIpc) is 3.31. The number of hydrogen-bond acceptors (Lipinski definition) is 6. The van der Waals surface area contributed by atoms with Gasteiger partial charge in [-0.3, -0.25) is 14.2 Å². The van der Waals surface area contributed by atoms with Crippen LogP contribution in [-0.2, 0) is 23.1 Å². The second kappa shape index (κ2) is 11.0. The molecule has 1 amide bonds. The fourth-order valence-corrected chi connectivity index (χ4v) is 5.41. The highest BCUT2D eigenvalue weighted by Gasteiger charge is 2.21. The van der Waals surface area contributed by atoms with Crippen LogP contribution in [0.3, 0.4) is 0 Å². The van der Waals surface area contributed by atoms with Crippen molar-refractivity contribution in [2.24, 2.45) is 0 Å². The smallest absolute Gasteiger partial charge is 0.264 e. The van der Waals surface area contributed by atoms with Crippen molar-refractivity contribution in [3.8, 4) is 0 Å². The second-order valence-corrected chi connectivity index (χ2v) is 10.2. The first-order valence-electron chi connectivity index (χ1n) is 11.8. The highest BCUT2D eigenvalue weighted by atomic mass is 32.2. The Morgan fingerprint density at radius 3 is 2.46 bits per heavy atom. The summed E-state index contributed by atoms with van der Waals surface area (Å²) in [5.41, 5.74) is 0.704. The lowest BCUT2D eigenvalue weighted by Crippen LogP contribution is -2.31. The molecule has 2 aromatic carbocycles. The highest BCUT2D eigenvalue weighted by molar-refractivity contribution is 7.89. The minimum Gasteiger partial charge on any atom is -0.350 e. The van der Waals surface area contributed by atoms with E-state index in [-0.39, 0.29) is 41.4 Å². The molecule has 1 N–H and O–H groups in total. The zero-order valence-electron chi connectivity index (χ0n) is 20.5. The monoisotopic (exact) mass is 526 g/mol. The fourth-order valence-electron chi connectivity index (χ4n) is 3.95. The maximum Gasteiger partial charge on any atom is 0.264 e. The molecule has 0 radical (unpaired) electrons. The van der Waals surface area contributed by atoms with Gasteiger partial charge in [0, 0.05) is 30.8 Å². The van der Waals surface area contributed by atoms with Gasteiger partial charge in [-0.25, -0.2) is 22.5 Å². The van der Waals surface area contributed by atoms with Crippen LogP contribution in [0.4, 0.5) is 4.39 Å². The largest absolute Gasteiger partial charge is 0.350 e. The van der Waals surface area contributed by atoms with E-state index in [1.54, 1.807) is 32.0 Å². The molecule has 0 bridgehead atoms. The van der Waals surface area contributed by atoms with Crippen molar-refractivity contribution >= 4 is 27.0 Å². The van der Waals surface area contributed by atoms with Crippen LogP contribution in [0.5, 0.6) is 0 Å². The van der Waals surface area contributed by atoms with Gasteiger partial charge in [0.15, 0.2) is 5.65 Å². The van der Waals surface area contributed by atoms with Gasteiger partial charge in [0.05, 0.1) is 24.2 Å². The van der Waals surface area contributed by atoms with Gasteiger partial charge in [-0.1, -0.05) is 32.0 Å². The third-order valence-corrected chi connectivity index (χ3v) is 8.05. The maximum atomic E-state index is 14.0. The summed E-state index contributed by atoms with van der Waals surface area (Å²) in [6.07, 6.45) is 2.75. The number of aromatic nitrogens is 4. The van der Waals surface area contributed by atoms with Gasteiger partial charge < -0.3 is 5.32 Å². The van der Waals surface area contributed by atoms with Crippen LogP contribution in [0.2, 0.25) is 0 Å². The van der Waals surface area contributed by atoms with Crippen LogP contribution in [0.1, 0.15) is 29.8 Å². The molecule has 4 rings (SSSR count).